The number of hydrogen-bond donors (Lipinski definition) is 0. The summed E-state index contributed by atoms with van der Waals surface area (Å²) in [4.78, 5) is 24.9. The van der Waals surface area contributed by atoms with Crippen molar-refractivity contribution in [3.8, 4) is 17.1 Å². The minimum absolute atomic E-state index is 0.00949. The standard InChI is InChI=1S/C21H13N5O2/c27-26(28)16-10-6-7-14(13-16)20-24-19-21(25(20)15-8-2-1-3-9-15)23-18-12-5-4-11-17(18)22-19/h1-13H. The molecule has 0 bridgehead atoms. The van der Waals surface area contributed by atoms with Gasteiger partial charge in [-0.25, -0.2) is 15.0 Å². The van der Waals surface area contributed by atoms with Crippen LogP contribution in [0.4, 0.5) is 5.69 Å². The highest BCUT2D eigenvalue weighted by Crippen LogP contribution is 2.29. The molecule has 0 unspecified atom stereocenters. The highest BCUT2D eigenvalue weighted by Gasteiger charge is 2.19. The molecule has 0 radical (unpaired) electrons. The van der Waals surface area contributed by atoms with Gasteiger partial charge in [0.05, 0.1) is 16.0 Å². The molecule has 7 heteroatoms. The number of nitro groups is 1. The van der Waals surface area contributed by atoms with Crippen LogP contribution < -0.4 is 0 Å². The molecule has 0 saturated heterocycles. The number of aromatic nitrogens is 4. The van der Waals surface area contributed by atoms with E-state index in [0.717, 1.165) is 16.7 Å². The summed E-state index contributed by atoms with van der Waals surface area (Å²) in [6.07, 6.45) is 0. The number of nitro benzene ring substituents is 1. The Morgan fingerprint density at radius 3 is 2.25 bits per heavy atom. The quantitative estimate of drug-likeness (QED) is 0.345. The third-order valence-electron chi connectivity index (χ3n) is 4.50. The molecule has 7 nitrogen and oxygen atoms in total. The molecule has 0 saturated carbocycles. The predicted octanol–water partition coefficient (Wildman–Crippen LogP) is 4.54. The van der Waals surface area contributed by atoms with Gasteiger partial charge in [-0.1, -0.05) is 42.5 Å². The second-order valence-corrected chi connectivity index (χ2v) is 6.27. The van der Waals surface area contributed by atoms with Gasteiger partial charge in [-0.15, -0.1) is 0 Å². The molecular formula is C21H13N5O2. The second-order valence-electron chi connectivity index (χ2n) is 6.27. The molecule has 2 aromatic heterocycles. The van der Waals surface area contributed by atoms with Crippen LogP contribution in [0.15, 0.2) is 78.9 Å². The van der Waals surface area contributed by atoms with Crippen LogP contribution >= 0.6 is 0 Å². The van der Waals surface area contributed by atoms with Crippen LogP contribution in [-0.4, -0.2) is 24.4 Å². The molecule has 134 valence electrons. The van der Waals surface area contributed by atoms with E-state index in [1.165, 1.54) is 12.1 Å². The number of benzene rings is 3. The summed E-state index contributed by atoms with van der Waals surface area (Å²) in [6, 6.07) is 23.7. The summed E-state index contributed by atoms with van der Waals surface area (Å²) < 4.78 is 1.88. The van der Waals surface area contributed by atoms with Gasteiger partial charge < -0.3 is 0 Å². The van der Waals surface area contributed by atoms with Crippen molar-refractivity contribution in [1.29, 1.82) is 0 Å². The average molecular weight is 367 g/mol. The van der Waals surface area contributed by atoms with E-state index in [9.17, 15) is 10.1 Å². The third-order valence-corrected chi connectivity index (χ3v) is 4.50. The summed E-state index contributed by atoms with van der Waals surface area (Å²) in [5.74, 6) is 0.556. The molecule has 0 N–H and O–H groups in total. The summed E-state index contributed by atoms with van der Waals surface area (Å²) >= 11 is 0. The number of hydrogen-bond acceptors (Lipinski definition) is 5. The largest absolute Gasteiger partial charge is 0.275 e. The lowest BCUT2D eigenvalue weighted by molar-refractivity contribution is -0.384. The van der Waals surface area contributed by atoms with Gasteiger partial charge in [0.1, 0.15) is 5.82 Å². The van der Waals surface area contributed by atoms with Crippen molar-refractivity contribution in [2.75, 3.05) is 0 Å². The Hall–Kier alpha value is -4.13. The van der Waals surface area contributed by atoms with Gasteiger partial charge in [-0.3, -0.25) is 14.7 Å². The van der Waals surface area contributed by atoms with Crippen LogP contribution in [0.2, 0.25) is 0 Å². The first-order valence-electron chi connectivity index (χ1n) is 8.66. The van der Waals surface area contributed by atoms with Crippen molar-refractivity contribution in [3.05, 3.63) is 89.0 Å². The van der Waals surface area contributed by atoms with Crippen LogP contribution in [0.25, 0.3) is 39.4 Å². The topological polar surface area (TPSA) is 86.7 Å². The molecule has 0 spiro atoms. The lowest BCUT2D eigenvalue weighted by atomic mass is 10.2. The fourth-order valence-corrected chi connectivity index (χ4v) is 3.23. The maximum atomic E-state index is 11.2. The Bertz CT molecular complexity index is 1350. The number of non-ortho nitro benzene ring substituents is 1. The average Bonchev–Trinajstić information content (AvgIpc) is 3.11. The lowest BCUT2D eigenvalue weighted by Gasteiger charge is -2.08. The number of fused-ring (bicyclic) bond motifs is 2. The van der Waals surface area contributed by atoms with Crippen molar-refractivity contribution in [3.63, 3.8) is 0 Å². The molecule has 0 aliphatic carbocycles. The van der Waals surface area contributed by atoms with Gasteiger partial charge in [0.2, 0.25) is 0 Å². The highest BCUT2D eigenvalue weighted by atomic mass is 16.6. The lowest BCUT2D eigenvalue weighted by Crippen LogP contribution is -1.99. The Morgan fingerprint density at radius 1 is 0.786 bits per heavy atom. The van der Waals surface area contributed by atoms with Gasteiger partial charge in [-0.2, -0.15) is 0 Å². The Balaban J connectivity index is 1.86. The number of nitrogens with zero attached hydrogens (tertiary/aromatic N) is 5. The molecule has 28 heavy (non-hydrogen) atoms. The van der Waals surface area contributed by atoms with Crippen LogP contribution in [0, 0.1) is 10.1 Å². The normalized spacial score (nSPS) is 11.1. The molecule has 5 rings (SSSR count). The first kappa shape index (κ1) is 16.1. The molecule has 0 atom stereocenters. The van der Waals surface area contributed by atoms with Gasteiger partial charge in [0.25, 0.3) is 5.69 Å². The SMILES string of the molecule is O=[N+]([O-])c1cccc(-c2nc3nc4ccccc4nc3n2-c2ccccc2)c1. The van der Waals surface area contributed by atoms with E-state index in [1.54, 1.807) is 12.1 Å². The predicted molar refractivity (Wildman–Crippen MR) is 106 cm³/mol. The van der Waals surface area contributed by atoms with E-state index in [1.807, 2.05) is 59.2 Å². The molecule has 0 aliphatic rings. The van der Waals surface area contributed by atoms with Crippen molar-refractivity contribution in [2.45, 2.75) is 0 Å². The molecule has 0 aliphatic heterocycles. The molecule has 3 aromatic carbocycles. The first-order chi connectivity index (χ1) is 13.7. The fraction of sp³-hybridized carbons (Fsp3) is 0. The number of rotatable bonds is 3. The minimum atomic E-state index is -0.413. The smallest absolute Gasteiger partial charge is 0.270 e. The molecule has 2 heterocycles. The van der Waals surface area contributed by atoms with Gasteiger partial charge in [0, 0.05) is 23.4 Å². The maximum Gasteiger partial charge on any atom is 0.270 e. The monoisotopic (exact) mass is 367 g/mol. The van der Waals surface area contributed by atoms with E-state index in [-0.39, 0.29) is 5.69 Å². The second kappa shape index (κ2) is 6.24. The summed E-state index contributed by atoms with van der Waals surface area (Å²) in [7, 11) is 0. The number of para-hydroxylation sites is 3. The Labute approximate surface area is 159 Å². The zero-order valence-electron chi connectivity index (χ0n) is 14.6. The first-order valence-corrected chi connectivity index (χ1v) is 8.66. The summed E-state index contributed by atoms with van der Waals surface area (Å²) in [5.41, 5.74) is 4.10. The van der Waals surface area contributed by atoms with Crippen LogP contribution in [0.1, 0.15) is 0 Å². The van der Waals surface area contributed by atoms with Gasteiger partial charge in [-0.05, 0) is 24.3 Å². The van der Waals surface area contributed by atoms with Crippen molar-refractivity contribution >= 4 is 28.0 Å². The van der Waals surface area contributed by atoms with Crippen LogP contribution in [0.3, 0.4) is 0 Å². The Morgan fingerprint density at radius 2 is 1.50 bits per heavy atom. The van der Waals surface area contributed by atoms with Crippen molar-refractivity contribution < 1.29 is 4.92 Å². The minimum Gasteiger partial charge on any atom is -0.275 e. The van der Waals surface area contributed by atoms with E-state index in [0.29, 0.717) is 22.7 Å². The zero-order chi connectivity index (χ0) is 19.1. The number of imidazole rings is 1. The summed E-state index contributed by atoms with van der Waals surface area (Å²) in [6.45, 7) is 0. The van der Waals surface area contributed by atoms with E-state index in [4.69, 9.17) is 4.98 Å². The summed E-state index contributed by atoms with van der Waals surface area (Å²) in [5, 5.41) is 11.2. The zero-order valence-corrected chi connectivity index (χ0v) is 14.6. The maximum absolute atomic E-state index is 11.2. The van der Waals surface area contributed by atoms with Crippen molar-refractivity contribution in [1.82, 2.24) is 19.5 Å². The molecule has 0 amide bonds. The van der Waals surface area contributed by atoms with Crippen LogP contribution in [0.5, 0.6) is 0 Å². The fourth-order valence-electron chi connectivity index (χ4n) is 3.23. The molecule has 5 aromatic rings. The van der Waals surface area contributed by atoms with E-state index < -0.39 is 4.92 Å². The molecule has 0 fully saturated rings. The van der Waals surface area contributed by atoms with Gasteiger partial charge >= 0.3 is 0 Å². The molecular weight excluding hydrogens is 354 g/mol. The van der Waals surface area contributed by atoms with Gasteiger partial charge in [0.15, 0.2) is 11.3 Å². The Kier molecular flexibility index (Phi) is 3.58. The third kappa shape index (κ3) is 2.57. The van der Waals surface area contributed by atoms with Crippen LogP contribution in [-0.2, 0) is 0 Å². The highest BCUT2D eigenvalue weighted by molar-refractivity contribution is 5.86. The van der Waals surface area contributed by atoms with E-state index >= 15 is 0 Å². The van der Waals surface area contributed by atoms with E-state index in [2.05, 4.69) is 9.97 Å². The van der Waals surface area contributed by atoms with Crippen molar-refractivity contribution in [2.24, 2.45) is 0 Å².